The Morgan fingerprint density at radius 2 is 2.05 bits per heavy atom. The van der Waals surface area contributed by atoms with Gasteiger partial charge in [-0.2, -0.15) is 0 Å². The van der Waals surface area contributed by atoms with Gasteiger partial charge in [0.15, 0.2) is 0 Å². The van der Waals surface area contributed by atoms with Crippen molar-refractivity contribution in [1.29, 1.82) is 0 Å². The number of hydrogen-bond donors (Lipinski definition) is 1. The molecule has 0 aliphatic carbocycles. The largest absolute Gasteiger partial charge is 0.491 e. The normalized spacial score (nSPS) is 16.0. The number of benzene rings is 1. The minimum atomic E-state index is -0.0162. The molecule has 0 saturated carbocycles. The van der Waals surface area contributed by atoms with Crippen molar-refractivity contribution >= 4 is 11.6 Å². The first-order valence-corrected chi connectivity index (χ1v) is 7.47. The lowest BCUT2D eigenvalue weighted by Gasteiger charge is -2.26. The number of nitrogens with zero attached hydrogens (tertiary/aromatic N) is 1. The standard InChI is InChI=1S/C16H24N2O3/c1-13(2)12-21-15-6-4-3-5-14(15)17-16(19)11-18-7-9-20-10-8-18/h3-6,13H,7-12H2,1-2H3,(H,17,19). The number of rotatable bonds is 6. The lowest BCUT2D eigenvalue weighted by molar-refractivity contribution is -0.118. The Morgan fingerprint density at radius 3 is 2.76 bits per heavy atom. The first-order valence-electron chi connectivity index (χ1n) is 7.47. The van der Waals surface area contributed by atoms with Crippen LogP contribution in [0.15, 0.2) is 24.3 Å². The van der Waals surface area contributed by atoms with Gasteiger partial charge in [0, 0.05) is 13.1 Å². The summed E-state index contributed by atoms with van der Waals surface area (Å²) in [7, 11) is 0. The van der Waals surface area contributed by atoms with E-state index in [0.29, 0.717) is 32.3 Å². The Labute approximate surface area is 126 Å². The van der Waals surface area contributed by atoms with Gasteiger partial charge in [-0.25, -0.2) is 0 Å². The molecule has 0 unspecified atom stereocenters. The highest BCUT2D eigenvalue weighted by atomic mass is 16.5. The molecular weight excluding hydrogens is 268 g/mol. The Morgan fingerprint density at radius 1 is 1.33 bits per heavy atom. The zero-order valence-corrected chi connectivity index (χ0v) is 12.8. The van der Waals surface area contributed by atoms with Crippen LogP contribution in [0, 0.1) is 5.92 Å². The van der Waals surface area contributed by atoms with Crippen LogP contribution in [0.4, 0.5) is 5.69 Å². The van der Waals surface area contributed by atoms with Crippen LogP contribution in [-0.2, 0) is 9.53 Å². The molecule has 0 aromatic heterocycles. The summed E-state index contributed by atoms with van der Waals surface area (Å²) < 4.78 is 11.0. The summed E-state index contributed by atoms with van der Waals surface area (Å²) in [4.78, 5) is 14.2. The molecule has 1 aromatic rings. The molecule has 1 amide bonds. The van der Waals surface area contributed by atoms with Crippen LogP contribution in [-0.4, -0.2) is 50.3 Å². The van der Waals surface area contributed by atoms with Crippen LogP contribution in [0.25, 0.3) is 0 Å². The van der Waals surface area contributed by atoms with Crippen molar-refractivity contribution < 1.29 is 14.3 Å². The van der Waals surface area contributed by atoms with Crippen molar-refractivity contribution in [1.82, 2.24) is 4.90 Å². The van der Waals surface area contributed by atoms with Gasteiger partial charge in [-0.3, -0.25) is 9.69 Å². The Hall–Kier alpha value is -1.59. The average molecular weight is 292 g/mol. The van der Waals surface area contributed by atoms with Gasteiger partial charge in [0.2, 0.25) is 5.91 Å². The van der Waals surface area contributed by atoms with E-state index in [9.17, 15) is 4.79 Å². The van der Waals surface area contributed by atoms with Gasteiger partial charge in [-0.05, 0) is 18.1 Å². The summed E-state index contributed by atoms with van der Waals surface area (Å²) in [5, 5.41) is 2.94. The van der Waals surface area contributed by atoms with Crippen molar-refractivity contribution in [2.45, 2.75) is 13.8 Å². The van der Waals surface area contributed by atoms with Crippen molar-refractivity contribution in [3.05, 3.63) is 24.3 Å². The third kappa shape index (κ3) is 5.36. The smallest absolute Gasteiger partial charge is 0.238 e. The van der Waals surface area contributed by atoms with E-state index in [1.54, 1.807) is 0 Å². The summed E-state index contributed by atoms with van der Waals surface area (Å²) in [6.45, 7) is 8.22. The number of amides is 1. The summed E-state index contributed by atoms with van der Waals surface area (Å²) in [6.07, 6.45) is 0. The number of carbonyl (C=O) groups is 1. The van der Waals surface area contributed by atoms with Gasteiger partial charge in [0.25, 0.3) is 0 Å². The number of carbonyl (C=O) groups excluding carboxylic acids is 1. The molecule has 0 radical (unpaired) electrons. The molecule has 116 valence electrons. The number of ether oxygens (including phenoxy) is 2. The maximum atomic E-state index is 12.1. The molecule has 1 N–H and O–H groups in total. The molecule has 0 spiro atoms. The van der Waals surface area contributed by atoms with Crippen molar-refractivity contribution in [3.8, 4) is 5.75 Å². The molecule has 2 rings (SSSR count). The highest BCUT2D eigenvalue weighted by Gasteiger charge is 2.15. The zero-order chi connectivity index (χ0) is 15.1. The van der Waals surface area contributed by atoms with Crippen LogP contribution in [0.1, 0.15) is 13.8 Å². The first kappa shape index (κ1) is 15.8. The zero-order valence-electron chi connectivity index (χ0n) is 12.8. The van der Waals surface area contributed by atoms with Crippen LogP contribution < -0.4 is 10.1 Å². The fraction of sp³-hybridized carbons (Fsp3) is 0.562. The van der Waals surface area contributed by atoms with Crippen molar-refractivity contribution in [2.24, 2.45) is 5.92 Å². The average Bonchev–Trinajstić information content (AvgIpc) is 2.47. The van der Waals surface area contributed by atoms with Crippen molar-refractivity contribution in [2.75, 3.05) is 44.8 Å². The van der Waals surface area contributed by atoms with Gasteiger partial charge in [0.1, 0.15) is 5.75 Å². The lowest BCUT2D eigenvalue weighted by Crippen LogP contribution is -2.41. The van der Waals surface area contributed by atoms with Gasteiger partial charge < -0.3 is 14.8 Å². The summed E-state index contributed by atoms with van der Waals surface area (Å²) in [5.74, 6) is 1.15. The van der Waals surface area contributed by atoms with E-state index in [0.717, 1.165) is 24.5 Å². The highest BCUT2D eigenvalue weighted by molar-refractivity contribution is 5.93. The van der Waals surface area contributed by atoms with Gasteiger partial charge in [-0.1, -0.05) is 26.0 Å². The summed E-state index contributed by atoms with van der Waals surface area (Å²) in [6, 6.07) is 7.56. The predicted molar refractivity (Wildman–Crippen MR) is 82.7 cm³/mol. The molecule has 5 nitrogen and oxygen atoms in total. The predicted octanol–water partition coefficient (Wildman–Crippen LogP) is 1.99. The van der Waals surface area contributed by atoms with Crippen LogP contribution in [0.5, 0.6) is 5.75 Å². The second kappa shape index (κ2) is 8.00. The minimum Gasteiger partial charge on any atom is -0.491 e. The molecular formula is C16H24N2O3. The molecule has 1 aliphatic heterocycles. The van der Waals surface area contributed by atoms with Gasteiger partial charge >= 0.3 is 0 Å². The molecule has 0 atom stereocenters. The van der Waals surface area contributed by atoms with Crippen LogP contribution in [0.2, 0.25) is 0 Å². The third-order valence-electron chi connectivity index (χ3n) is 3.20. The Balaban J connectivity index is 1.90. The number of para-hydroxylation sites is 2. The van der Waals surface area contributed by atoms with Crippen LogP contribution >= 0.6 is 0 Å². The van der Waals surface area contributed by atoms with Gasteiger partial charge in [0.05, 0.1) is 32.1 Å². The molecule has 1 aliphatic rings. The molecule has 1 fully saturated rings. The Kier molecular flexibility index (Phi) is 6.02. The Bertz CT molecular complexity index is 457. The van der Waals surface area contributed by atoms with E-state index in [1.807, 2.05) is 24.3 Å². The number of nitrogens with one attached hydrogen (secondary N) is 1. The second-order valence-corrected chi connectivity index (χ2v) is 5.64. The van der Waals surface area contributed by atoms with E-state index < -0.39 is 0 Å². The number of morpholine rings is 1. The molecule has 1 saturated heterocycles. The quantitative estimate of drug-likeness (QED) is 0.871. The fourth-order valence-electron chi connectivity index (χ4n) is 2.10. The maximum Gasteiger partial charge on any atom is 0.238 e. The summed E-state index contributed by atoms with van der Waals surface area (Å²) >= 11 is 0. The van der Waals surface area contributed by atoms with Gasteiger partial charge in [-0.15, -0.1) is 0 Å². The van der Waals surface area contributed by atoms with Crippen LogP contribution in [0.3, 0.4) is 0 Å². The summed E-state index contributed by atoms with van der Waals surface area (Å²) in [5.41, 5.74) is 0.733. The molecule has 21 heavy (non-hydrogen) atoms. The minimum absolute atomic E-state index is 0.0162. The fourth-order valence-corrected chi connectivity index (χ4v) is 2.10. The van der Waals surface area contributed by atoms with Crippen molar-refractivity contribution in [3.63, 3.8) is 0 Å². The number of hydrogen-bond acceptors (Lipinski definition) is 4. The van der Waals surface area contributed by atoms with E-state index in [2.05, 4.69) is 24.1 Å². The maximum absolute atomic E-state index is 12.1. The molecule has 0 bridgehead atoms. The van der Waals surface area contributed by atoms with E-state index in [4.69, 9.17) is 9.47 Å². The van der Waals surface area contributed by atoms with E-state index in [1.165, 1.54) is 0 Å². The first-order chi connectivity index (χ1) is 10.1. The second-order valence-electron chi connectivity index (χ2n) is 5.64. The molecule has 1 heterocycles. The SMILES string of the molecule is CC(C)COc1ccccc1NC(=O)CN1CCOCC1. The van der Waals surface area contributed by atoms with E-state index in [-0.39, 0.29) is 5.91 Å². The number of anilines is 1. The highest BCUT2D eigenvalue weighted by Crippen LogP contribution is 2.24. The monoisotopic (exact) mass is 292 g/mol. The lowest BCUT2D eigenvalue weighted by atomic mass is 10.2. The third-order valence-corrected chi connectivity index (χ3v) is 3.20. The van der Waals surface area contributed by atoms with E-state index >= 15 is 0 Å². The molecule has 5 heteroatoms. The molecule has 1 aromatic carbocycles. The topological polar surface area (TPSA) is 50.8 Å².